The molecule has 2 aliphatic heterocycles. The van der Waals surface area contributed by atoms with Crippen LogP contribution in [0.4, 0.5) is 0 Å². The third-order valence-electron chi connectivity index (χ3n) is 3.37. The number of hydrogen-bond donors (Lipinski definition) is 0. The normalized spacial score (nSPS) is 32.1. The maximum absolute atomic E-state index is 5.22. The van der Waals surface area contributed by atoms with Crippen LogP contribution in [0.3, 0.4) is 0 Å². The van der Waals surface area contributed by atoms with E-state index in [1.807, 2.05) is 0 Å². The zero-order valence-corrected chi connectivity index (χ0v) is 8.70. The molecule has 76 valence electrons. The molecule has 13 heavy (non-hydrogen) atoms. The molecule has 1 atom stereocenters. The monoisotopic (exact) mass is 184 g/mol. The lowest BCUT2D eigenvalue weighted by Crippen LogP contribution is -2.55. The molecule has 0 amide bonds. The Balaban J connectivity index is 1.83. The number of piperidine rings is 1. The molecule has 0 saturated carbocycles. The molecule has 3 heteroatoms. The van der Waals surface area contributed by atoms with Crippen molar-refractivity contribution in [3.05, 3.63) is 0 Å². The number of likely N-dealkylation sites (N-methyl/N-ethyl adjacent to an activating group) is 2. The molecule has 0 aromatic rings. The van der Waals surface area contributed by atoms with Crippen molar-refractivity contribution in [1.82, 2.24) is 9.80 Å². The van der Waals surface area contributed by atoms with E-state index in [1.54, 1.807) is 0 Å². The summed E-state index contributed by atoms with van der Waals surface area (Å²) in [5.41, 5.74) is 0. The zero-order chi connectivity index (χ0) is 9.26. The Morgan fingerprint density at radius 1 is 1.31 bits per heavy atom. The summed E-state index contributed by atoms with van der Waals surface area (Å²) in [6.07, 6.45) is 2.70. The highest BCUT2D eigenvalue weighted by molar-refractivity contribution is 4.84. The van der Waals surface area contributed by atoms with Crippen LogP contribution in [0.1, 0.15) is 12.8 Å². The molecule has 0 spiro atoms. The first kappa shape index (κ1) is 9.44. The van der Waals surface area contributed by atoms with Crippen molar-refractivity contribution < 1.29 is 4.74 Å². The van der Waals surface area contributed by atoms with Crippen molar-refractivity contribution in [3.63, 3.8) is 0 Å². The maximum atomic E-state index is 5.22. The molecular weight excluding hydrogens is 164 g/mol. The number of nitrogens with zero attached hydrogens (tertiary/aromatic N) is 2. The maximum Gasteiger partial charge on any atom is 0.0645 e. The van der Waals surface area contributed by atoms with Crippen molar-refractivity contribution in [2.24, 2.45) is 0 Å². The van der Waals surface area contributed by atoms with Crippen LogP contribution in [0.5, 0.6) is 0 Å². The van der Waals surface area contributed by atoms with Crippen molar-refractivity contribution in [3.8, 4) is 0 Å². The van der Waals surface area contributed by atoms with E-state index in [2.05, 4.69) is 23.9 Å². The lowest BCUT2D eigenvalue weighted by Gasteiger charge is -2.43. The summed E-state index contributed by atoms with van der Waals surface area (Å²) < 4.78 is 5.22. The Morgan fingerprint density at radius 3 is 2.62 bits per heavy atom. The molecule has 0 radical (unpaired) electrons. The molecule has 0 unspecified atom stereocenters. The number of ether oxygens (including phenoxy) is 1. The molecule has 3 nitrogen and oxygen atoms in total. The fourth-order valence-corrected chi connectivity index (χ4v) is 2.23. The van der Waals surface area contributed by atoms with Crippen molar-refractivity contribution in [2.45, 2.75) is 24.9 Å². The van der Waals surface area contributed by atoms with Crippen LogP contribution in [0, 0.1) is 0 Å². The van der Waals surface area contributed by atoms with E-state index in [-0.39, 0.29) is 0 Å². The van der Waals surface area contributed by atoms with Crippen molar-refractivity contribution in [1.29, 1.82) is 0 Å². The molecule has 2 heterocycles. The lowest BCUT2D eigenvalue weighted by molar-refractivity contribution is -0.0764. The second-order valence-corrected chi connectivity index (χ2v) is 4.42. The van der Waals surface area contributed by atoms with Gasteiger partial charge in [0.25, 0.3) is 0 Å². The van der Waals surface area contributed by atoms with Gasteiger partial charge in [0.05, 0.1) is 19.3 Å². The third-order valence-corrected chi connectivity index (χ3v) is 3.37. The summed E-state index contributed by atoms with van der Waals surface area (Å²) in [6.45, 7) is 4.38. The molecule has 2 rings (SSSR count). The molecule has 0 N–H and O–H groups in total. The van der Waals surface area contributed by atoms with Gasteiger partial charge in [-0.15, -0.1) is 0 Å². The van der Waals surface area contributed by atoms with E-state index < -0.39 is 0 Å². The van der Waals surface area contributed by atoms with Gasteiger partial charge >= 0.3 is 0 Å². The number of hydrogen-bond acceptors (Lipinski definition) is 3. The first-order chi connectivity index (χ1) is 6.27. The average Bonchev–Trinajstić information content (AvgIpc) is 2.01. The van der Waals surface area contributed by atoms with E-state index in [4.69, 9.17) is 4.74 Å². The molecule has 2 fully saturated rings. The minimum Gasteiger partial charge on any atom is -0.378 e. The molecule has 2 saturated heterocycles. The van der Waals surface area contributed by atoms with E-state index in [9.17, 15) is 0 Å². The van der Waals surface area contributed by atoms with E-state index in [0.29, 0.717) is 6.04 Å². The lowest BCUT2D eigenvalue weighted by atomic mass is 10.0. The highest BCUT2D eigenvalue weighted by atomic mass is 16.5. The van der Waals surface area contributed by atoms with Gasteiger partial charge in [0.1, 0.15) is 0 Å². The topological polar surface area (TPSA) is 15.7 Å². The summed E-state index contributed by atoms with van der Waals surface area (Å²) in [5, 5.41) is 0. The van der Waals surface area contributed by atoms with Crippen molar-refractivity contribution in [2.75, 3.05) is 40.4 Å². The Morgan fingerprint density at radius 2 is 2.08 bits per heavy atom. The standard InChI is InChI=1S/C10H20N2O/c1-11-5-3-4-9(6-11)12(2)10-7-13-8-10/h9-10H,3-8H2,1-2H3/t9-/m1/s1. The molecule has 0 aliphatic carbocycles. The van der Waals surface area contributed by atoms with Crippen LogP contribution in [0.2, 0.25) is 0 Å². The van der Waals surface area contributed by atoms with E-state index in [1.165, 1.54) is 25.9 Å². The fraction of sp³-hybridized carbons (Fsp3) is 1.00. The summed E-state index contributed by atoms with van der Waals surface area (Å²) in [5.74, 6) is 0. The van der Waals surface area contributed by atoms with Crippen LogP contribution in [0.25, 0.3) is 0 Å². The first-order valence-corrected chi connectivity index (χ1v) is 5.25. The average molecular weight is 184 g/mol. The second-order valence-electron chi connectivity index (χ2n) is 4.42. The predicted molar refractivity (Wildman–Crippen MR) is 52.9 cm³/mol. The molecule has 2 aliphatic rings. The van der Waals surface area contributed by atoms with Gasteiger partial charge in [-0.25, -0.2) is 0 Å². The smallest absolute Gasteiger partial charge is 0.0645 e. The van der Waals surface area contributed by atoms with Crippen LogP contribution in [-0.2, 0) is 4.74 Å². The zero-order valence-electron chi connectivity index (χ0n) is 8.70. The number of likely N-dealkylation sites (tertiary alicyclic amines) is 1. The fourth-order valence-electron chi connectivity index (χ4n) is 2.23. The Bertz CT molecular complexity index is 170. The van der Waals surface area contributed by atoms with E-state index >= 15 is 0 Å². The summed E-state index contributed by atoms with van der Waals surface area (Å²) >= 11 is 0. The second kappa shape index (κ2) is 3.95. The largest absolute Gasteiger partial charge is 0.378 e. The van der Waals surface area contributed by atoms with Gasteiger partial charge in [-0.05, 0) is 33.5 Å². The minimum atomic E-state index is 0.691. The SMILES string of the molecule is CN1CCC[C@@H](N(C)C2COC2)C1. The third kappa shape index (κ3) is 2.03. The van der Waals surface area contributed by atoms with Crippen LogP contribution < -0.4 is 0 Å². The van der Waals surface area contributed by atoms with Gasteiger partial charge in [0, 0.05) is 12.6 Å². The van der Waals surface area contributed by atoms with Crippen LogP contribution in [-0.4, -0.2) is 62.3 Å². The van der Waals surface area contributed by atoms with Crippen molar-refractivity contribution >= 4 is 0 Å². The Kier molecular flexibility index (Phi) is 2.86. The van der Waals surface area contributed by atoms with Crippen LogP contribution in [0.15, 0.2) is 0 Å². The highest BCUT2D eigenvalue weighted by Gasteiger charge is 2.30. The molecule has 0 bridgehead atoms. The number of rotatable bonds is 2. The quantitative estimate of drug-likeness (QED) is 0.618. The highest BCUT2D eigenvalue weighted by Crippen LogP contribution is 2.18. The van der Waals surface area contributed by atoms with Gasteiger partial charge in [0.2, 0.25) is 0 Å². The van der Waals surface area contributed by atoms with Gasteiger partial charge < -0.3 is 9.64 Å². The Hall–Kier alpha value is -0.120. The molecule has 0 aromatic carbocycles. The Labute approximate surface area is 80.6 Å². The van der Waals surface area contributed by atoms with Gasteiger partial charge in [-0.3, -0.25) is 4.90 Å². The summed E-state index contributed by atoms with van der Waals surface area (Å²) in [7, 11) is 4.47. The minimum absolute atomic E-state index is 0.691. The summed E-state index contributed by atoms with van der Waals surface area (Å²) in [6, 6.07) is 1.45. The summed E-state index contributed by atoms with van der Waals surface area (Å²) in [4.78, 5) is 4.95. The van der Waals surface area contributed by atoms with Gasteiger partial charge in [-0.2, -0.15) is 0 Å². The van der Waals surface area contributed by atoms with E-state index in [0.717, 1.165) is 19.3 Å². The molecule has 0 aromatic heterocycles. The van der Waals surface area contributed by atoms with Gasteiger partial charge in [-0.1, -0.05) is 0 Å². The molecular formula is C10H20N2O. The first-order valence-electron chi connectivity index (χ1n) is 5.25. The van der Waals surface area contributed by atoms with Gasteiger partial charge in [0.15, 0.2) is 0 Å². The van der Waals surface area contributed by atoms with Crippen LogP contribution >= 0.6 is 0 Å². The predicted octanol–water partition coefficient (Wildman–Crippen LogP) is 0.411.